The van der Waals surface area contributed by atoms with Crippen LogP contribution in [0.5, 0.6) is 0 Å². The fourth-order valence-corrected chi connectivity index (χ4v) is 1.20. The number of H-pyrrole nitrogens is 1. The number of hydrogen-bond donors (Lipinski definition) is 2. The van der Waals surface area contributed by atoms with E-state index in [1.54, 1.807) is 0 Å². The van der Waals surface area contributed by atoms with Crippen molar-refractivity contribution in [3.8, 4) is 0 Å². The van der Waals surface area contributed by atoms with Gasteiger partial charge in [0.2, 0.25) is 0 Å². The second-order valence-corrected chi connectivity index (χ2v) is 2.52. The second kappa shape index (κ2) is 2.55. The average Bonchev–Trinajstić information content (AvgIpc) is 2.48. The molecule has 66 valence electrons. The number of carboxylic acids is 1. The summed E-state index contributed by atoms with van der Waals surface area (Å²) < 4.78 is 13.0. The number of aromatic nitrogens is 2. The molecule has 0 unspecified atom stereocenters. The number of aromatic amines is 1. The lowest BCUT2D eigenvalue weighted by Gasteiger charge is -1.95. The maximum Gasteiger partial charge on any atom is 0.336 e. The van der Waals surface area contributed by atoms with E-state index in [1.807, 2.05) is 0 Å². The Hall–Kier alpha value is -1.91. The molecule has 0 amide bonds. The average molecular weight is 180 g/mol. The molecule has 0 aliphatic carbocycles. The molecule has 0 bridgehead atoms. The predicted octanol–water partition coefficient (Wildman–Crippen LogP) is 1.40. The van der Waals surface area contributed by atoms with Gasteiger partial charge in [-0.25, -0.2) is 14.2 Å². The van der Waals surface area contributed by atoms with E-state index >= 15 is 0 Å². The van der Waals surface area contributed by atoms with Crippen molar-refractivity contribution in [3.63, 3.8) is 0 Å². The third kappa shape index (κ3) is 1.05. The highest BCUT2D eigenvalue weighted by atomic mass is 19.1. The molecule has 0 aromatic carbocycles. The van der Waals surface area contributed by atoms with Crippen LogP contribution < -0.4 is 0 Å². The van der Waals surface area contributed by atoms with Crippen LogP contribution in [0.4, 0.5) is 4.39 Å². The van der Waals surface area contributed by atoms with Gasteiger partial charge in [-0.15, -0.1) is 0 Å². The van der Waals surface area contributed by atoms with Gasteiger partial charge in [-0.1, -0.05) is 0 Å². The van der Waals surface area contributed by atoms with E-state index in [0.29, 0.717) is 0 Å². The lowest BCUT2D eigenvalue weighted by molar-refractivity contribution is 0.0698. The number of carbonyl (C=O) groups is 1. The van der Waals surface area contributed by atoms with Crippen molar-refractivity contribution in [3.05, 3.63) is 29.8 Å². The Morgan fingerprint density at radius 1 is 1.62 bits per heavy atom. The van der Waals surface area contributed by atoms with E-state index in [1.165, 1.54) is 12.3 Å². The van der Waals surface area contributed by atoms with Crippen LogP contribution in [0.1, 0.15) is 10.4 Å². The van der Waals surface area contributed by atoms with Gasteiger partial charge in [0.1, 0.15) is 5.65 Å². The number of pyridine rings is 1. The highest BCUT2D eigenvalue weighted by molar-refractivity contribution is 6.01. The quantitative estimate of drug-likeness (QED) is 0.697. The molecule has 4 nitrogen and oxygen atoms in total. The number of halogens is 1. The Morgan fingerprint density at radius 2 is 2.38 bits per heavy atom. The minimum atomic E-state index is -1.16. The first-order valence-corrected chi connectivity index (χ1v) is 3.55. The number of nitrogens with one attached hydrogen (secondary N) is 1. The molecule has 2 N–H and O–H groups in total. The molecule has 2 aromatic heterocycles. The van der Waals surface area contributed by atoms with E-state index in [9.17, 15) is 9.18 Å². The maximum absolute atomic E-state index is 13.0. The minimum Gasteiger partial charge on any atom is -0.478 e. The summed E-state index contributed by atoms with van der Waals surface area (Å²) in [5.74, 6) is -1.76. The van der Waals surface area contributed by atoms with Gasteiger partial charge in [0.05, 0.1) is 10.9 Å². The highest BCUT2D eigenvalue weighted by Crippen LogP contribution is 2.18. The lowest BCUT2D eigenvalue weighted by Crippen LogP contribution is -1.97. The maximum atomic E-state index is 13.0. The van der Waals surface area contributed by atoms with Crippen molar-refractivity contribution in [2.45, 2.75) is 0 Å². The van der Waals surface area contributed by atoms with Crippen LogP contribution >= 0.6 is 0 Å². The summed E-state index contributed by atoms with van der Waals surface area (Å²) in [5, 5.41) is 8.74. The molecular weight excluding hydrogens is 175 g/mol. The number of nitrogens with zero attached hydrogens (tertiary/aromatic N) is 1. The zero-order valence-corrected chi connectivity index (χ0v) is 6.41. The van der Waals surface area contributed by atoms with Crippen LogP contribution in [0.25, 0.3) is 11.0 Å². The summed E-state index contributed by atoms with van der Waals surface area (Å²) in [6.45, 7) is 0. The summed E-state index contributed by atoms with van der Waals surface area (Å²) in [6.07, 6.45) is 2.41. The molecule has 5 heteroatoms. The second-order valence-electron chi connectivity index (χ2n) is 2.52. The van der Waals surface area contributed by atoms with Crippen LogP contribution in [0, 0.1) is 5.82 Å². The minimum absolute atomic E-state index is 0.0231. The number of aromatic carboxylic acids is 1. The van der Waals surface area contributed by atoms with Gasteiger partial charge in [0.25, 0.3) is 0 Å². The standard InChI is InChI=1S/C8H5FN2O2/c9-5-3-11-7-6(5)4(8(12)13)1-2-10-7/h1-3H,(H,10,11)(H,12,13). The molecular formula is C8H5FN2O2. The fraction of sp³-hybridized carbons (Fsp3) is 0. The molecule has 2 rings (SSSR count). The van der Waals surface area contributed by atoms with Gasteiger partial charge in [0.15, 0.2) is 5.82 Å². The van der Waals surface area contributed by atoms with E-state index in [2.05, 4.69) is 9.97 Å². The predicted molar refractivity (Wildman–Crippen MR) is 43.0 cm³/mol. The van der Waals surface area contributed by atoms with E-state index in [4.69, 9.17) is 5.11 Å². The number of fused-ring (bicyclic) bond motifs is 1. The highest BCUT2D eigenvalue weighted by Gasteiger charge is 2.13. The number of rotatable bonds is 1. The van der Waals surface area contributed by atoms with Gasteiger partial charge < -0.3 is 10.1 Å². The fourth-order valence-electron chi connectivity index (χ4n) is 1.20. The van der Waals surface area contributed by atoms with Gasteiger partial charge in [-0.2, -0.15) is 0 Å². The monoisotopic (exact) mass is 180 g/mol. The lowest BCUT2D eigenvalue weighted by atomic mass is 10.2. The zero-order chi connectivity index (χ0) is 9.42. The largest absolute Gasteiger partial charge is 0.478 e. The van der Waals surface area contributed by atoms with Crippen molar-refractivity contribution < 1.29 is 14.3 Å². The molecule has 2 heterocycles. The van der Waals surface area contributed by atoms with Crippen molar-refractivity contribution in [2.24, 2.45) is 0 Å². The number of carboxylic acid groups (broad SMARTS) is 1. The van der Waals surface area contributed by atoms with E-state index in [0.717, 1.165) is 6.20 Å². The molecule has 0 aliphatic heterocycles. The molecule has 0 saturated carbocycles. The third-order valence-corrected chi connectivity index (χ3v) is 1.76. The summed E-state index contributed by atoms with van der Waals surface area (Å²) in [7, 11) is 0. The molecule has 0 atom stereocenters. The summed E-state index contributed by atoms with van der Waals surface area (Å²) in [6, 6.07) is 1.27. The summed E-state index contributed by atoms with van der Waals surface area (Å²) >= 11 is 0. The number of hydrogen-bond acceptors (Lipinski definition) is 2. The topological polar surface area (TPSA) is 66.0 Å². The first-order chi connectivity index (χ1) is 6.20. The molecule has 13 heavy (non-hydrogen) atoms. The molecule has 0 radical (unpaired) electrons. The van der Waals surface area contributed by atoms with Gasteiger partial charge in [-0.3, -0.25) is 0 Å². The Balaban J connectivity index is 2.88. The van der Waals surface area contributed by atoms with Crippen molar-refractivity contribution in [1.29, 1.82) is 0 Å². The Morgan fingerprint density at radius 3 is 3.08 bits per heavy atom. The van der Waals surface area contributed by atoms with E-state index in [-0.39, 0.29) is 16.6 Å². The molecule has 0 spiro atoms. The van der Waals surface area contributed by atoms with Gasteiger partial charge >= 0.3 is 5.97 Å². The van der Waals surface area contributed by atoms with Crippen LogP contribution in [-0.4, -0.2) is 21.0 Å². The molecule has 0 saturated heterocycles. The summed E-state index contributed by atoms with van der Waals surface area (Å²) in [4.78, 5) is 17.0. The third-order valence-electron chi connectivity index (χ3n) is 1.76. The zero-order valence-electron chi connectivity index (χ0n) is 6.41. The van der Waals surface area contributed by atoms with Crippen LogP contribution in [0.2, 0.25) is 0 Å². The Labute approximate surface area is 72.0 Å². The first kappa shape index (κ1) is 7.72. The Kier molecular flexibility index (Phi) is 1.51. The van der Waals surface area contributed by atoms with Crippen molar-refractivity contribution in [1.82, 2.24) is 9.97 Å². The first-order valence-electron chi connectivity index (χ1n) is 3.55. The molecule has 0 aliphatic rings. The van der Waals surface area contributed by atoms with E-state index < -0.39 is 11.8 Å². The van der Waals surface area contributed by atoms with Gasteiger partial charge in [0, 0.05) is 12.4 Å². The normalized spacial score (nSPS) is 10.5. The Bertz CT molecular complexity index is 478. The summed E-state index contributed by atoms with van der Waals surface area (Å²) in [5.41, 5.74) is 0.168. The van der Waals surface area contributed by atoms with Crippen LogP contribution in [0.3, 0.4) is 0 Å². The van der Waals surface area contributed by atoms with Gasteiger partial charge in [-0.05, 0) is 6.07 Å². The van der Waals surface area contributed by atoms with Crippen molar-refractivity contribution in [2.75, 3.05) is 0 Å². The molecule has 2 aromatic rings. The van der Waals surface area contributed by atoms with Crippen molar-refractivity contribution >= 4 is 17.0 Å². The SMILES string of the molecule is O=C(O)c1ccnc2[nH]cc(F)c12. The van der Waals surface area contributed by atoms with Crippen LogP contribution in [0.15, 0.2) is 18.5 Å². The smallest absolute Gasteiger partial charge is 0.336 e. The molecule has 0 fully saturated rings. The van der Waals surface area contributed by atoms with Crippen LogP contribution in [-0.2, 0) is 0 Å².